The Morgan fingerprint density at radius 3 is 2.29 bits per heavy atom. The highest BCUT2D eigenvalue weighted by atomic mass is 32.2. The summed E-state index contributed by atoms with van der Waals surface area (Å²) in [6.07, 6.45) is -5.04. The van der Waals surface area contributed by atoms with Crippen LogP contribution in [0.1, 0.15) is 11.7 Å². The predicted octanol–water partition coefficient (Wildman–Crippen LogP) is 3.05. The zero-order chi connectivity index (χ0) is 20.6. The lowest BCUT2D eigenvalue weighted by Crippen LogP contribution is -2.60. The first-order valence-electron chi connectivity index (χ1n) is 8.23. The molecule has 3 rings (SSSR count). The van der Waals surface area contributed by atoms with E-state index < -0.39 is 24.6 Å². The van der Waals surface area contributed by atoms with E-state index in [1.54, 1.807) is 30.0 Å². The number of hydroxylamine groups is 1. The minimum atomic E-state index is -5.15. The average molecular weight is 412 g/mol. The Morgan fingerprint density at radius 2 is 1.71 bits per heavy atom. The number of rotatable bonds is 3. The van der Waals surface area contributed by atoms with E-state index in [0.29, 0.717) is 5.56 Å². The number of fused-ring (bicyclic) bond motifs is 1. The van der Waals surface area contributed by atoms with E-state index in [-0.39, 0.29) is 5.69 Å². The van der Waals surface area contributed by atoms with Crippen LogP contribution in [-0.2, 0) is 9.63 Å². The summed E-state index contributed by atoms with van der Waals surface area (Å²) < 4.78 is 38.1. The molecule has 0 amide bonds. The minimum Gasteiger partial charge on any atom is -0.329 e. The van der Waals surface area contributed by atoms with Crippen molar-refractivity contribution >= 4 is 23.4 Å². The van der Waals surface area contributed by atoms with E-state index in [0.717, 1.165) is 21.1 Å². The van der Waals surface area contributed by atoms with E-state index >= 15 is 0 Å². The third-order valence-corrected chi connectivity index (χ3v) is 5.26. The van der Waals surface area contributed by atoms with Crippen LogP contribution in [0.25, 0.3) is 11.1 Å². The number of carbonyl (C=O) groups excluding carboxylic acids is 1. The Kier molecular flexibility index (Phi) is 5.57. The van der Waals surface area contributed by atoms with Gasteiger partial charge in [0.15, 0.2) is 6.29 Å². The molecule has 6 nitrogen and oxygen atoms in total. The first-order chi connectivity index (χ1) is 13.1. The number of carbonyl (C=O) groups is 1. The number of nitrogens with two attached hydrogens (primary N) is 2. The molecule has 4 N–H and O–H groups in total. The molecule has 2 unspecified atom stereocenters. The molecule has 0 aromatic heterocycles. The van der Waals surface area contributed by atoms with Crippen molar-refractivity contribution in [2.24, 2.45) is 11.5 Å². The lowest BCUT2D eigenvalue weighted by molar-refractivity contribution is -0.204. The van der Waals surface area contributed by atoms with Crippen molar-refractivity contribution in [3.8, 4) is 11.1 Å². The van der Waals surface area contributed by atoms with Gasteiger partial charge in [0.1, 0.15) is 0 Å². The number of anilines is 1. The normalized spacial score (nSPS) is 20.0. The molecule has 0 radical (unpaired) electrons. The maximum atomic E-state index is 12.7. The van der Waals surface area contributed by atoms with Gasteiger partial charge in [-0.15, -0.1) is 11.8 Å². The van der Waals surface area contributed by atoms with Crippen LogP contribution in [-0.4, -0.2) is 36.6 Å². The first kappa shape index (κ1) is 20.5. The fourth-order valence-corrected chi connectivity index (χ4v) is 3.29. The van der Waals surface area contributed by atoms with Crippen LogP contribution in [0.2, 0.25) is 0 Å². The highest BCUT2D eigenvalue weighted by Crippen LogP contribution is 2.38. The van der Waals surface area contributed by atoms with Gasteiger partial charge in [0, 0.05) is 10.5 Å². The standard InChI is InChI=1S/C18H19F3N4O2S/c1-24-15(22)13-8-5-11(10-3-6-12(28-2)7-4-10)9-14(13)25(17(24)23)27-16(26)18(19,20)21/h3-9,15,17H,22-23H2,1-2H3. The lowest BCUT2D eigenvalue weighted by Gasteiger charge is -2.43. The number of hydrogen-bond acceptors (Lipinski definition) is 7. The highest BCUT2D eigenvalue weighted by Gasteiger charge is 2.45. The molecule has 0 spiro atoms. The SMILES string of the molecule is CSc1ccc(-c2ccc3c(c2)N(OC(=O)C(F)(F)F)C(N)N(C)C3N)cc1. The van der Waals surface area contributed by atoms with Crippen LogP contribution < -0.4 is 16.5 Å². The molecule has 0 fully saturated rings. The Balaban J connectivity index is 2.04. The number of alkyl halides is 3. The van der Waals surface area contributed by atoms with Gasteiger partial charge >= 0.3 is 12.1 Å². The van der Waals surface area contributed by atoms with E-state index in [9.17, 15) is 18.0 Å². The van der Waals surface area contributed by atoms with Gasteiger partial charge < -0.3 is 10.6 Å². The Bertz CT molecular complexity index is 876. The van der Waals surface area contributed by atoms with Crippen molar-refractivity contribution in [1.82, 2.24) is 4.90 Å². The van der Waals surface area contributed by atoms with Crippen LogP contribution in [0.15, 0.2) is 47.4 Å². The van der Waals surface area contributed by atoms with E-state index in [1.165, 1.54) is 11.9 Å². The second kappa shape index (κ2) is 7.63. The zero-order valence-electron chi connectivity index (χ0n) is 15.1. The Morgan fingerprint density at radius 1 is 1.11 bits per heavy atom. The van der Waals surface area contributed by atoms with Crippen molar-refractivity contribution in [1.29, 1.82) is 0 Å². The maximum Gasteiger partial charge on any atom is 0.493 e. The van der Waals surface area contributed by atoms with E-state index in [2.05, 4.69) is 4.84 Å². The van der Waals surface area contributed by atoms with Crippen LogP contribution in [0, 0.1) is 0 Å². The molecule has 28 heavy (non-hydrogen) atoms. The average Bonchev–Trinajstić information content (AvgIpc) is 2.68. The zero-order valence-corrected chi connectivity index (χ0v) is 15.9. The van der Waals surface area contributed by atoms with Crippen LogP contribution in [0.5, 0.6) is 0 Å². The number of hydrogen-bond donors (Lipinski definition) is 2. The van der Waals surface area contributed by atoms with Gasteiger partial charge in [-0.05, 0) is 42.6 Å². The molecule has 2 aromatic carbocycles. The first-order valence-corrected chi connectivity index (χ1v) is 9.46. The van der Waals surface area contributed by atoms with E-state index in [1.807, 2.05) is 30.5 Å². The van der Waals surface area contributed by atoms with Gasteiger partial charge in [-0.25, -0.2) is 4.79 Å². The summed E-state index contributed by atoms with van der Waals surface area (Å²) in [6.45, 7) is 0. The number of benzene rings is 2. The highest BCUT2D eigenvalue weighted by molar-refractivity contribution is 7.98. The van der Waals surface area contributed by atoms with Crippen molar-refractivity contribution in [2.45, 2.75) is 23.5 Å². The fraction of sp³-hybridized carbons (Fsp3) is 0.278. The Hall–Kier alpha value is -2.27. The summed E-state index contributed by atoms with van der Waals surface area (Å²) in [4.78, 5) is 18.5. The molecule has 1 aliphatic rings. The van der Waals surface area contributed by atoms with Crippen molar-refractivity contribution in [3.05, 3.63) is 48.0 Å². The van der Waals surface area contributed by atoms with Crippen LogP contribution >= 0.6 is 11.8 Å². The molecule has 2 aromatic rings. The maximum absolute atomic E-state index is 12.7. The molecule has 0 saturated carbocycles. The fourth-order valence-electron chi connectivity index (χ4n) is 2.88. The smallest absolute Gasteiger partial charge is 0.329 e. The van der Waals surface area contributed by atoms with Gasteiger partial charge in [-0.3, -0.25) is 10.6 Å². The van der Waals surface area contributed by atoms with Gasteiger partial charge in [-0.1, -0.05) is 24.3 Å². The van der Waals surface area contributed by atoms with Crippen LogP contribution in [0.3, 0.4) is 0 Å². The summed E-state index contributed by atoms with van der Waals surface area (Å²) >= 11 is 1.60. The monoisotopic (exact) mass is 412 g/mol. The molecule has 0 aliphatic carbocycles. The third-order valence-electron chi connectivity index (χ3n) is 4.52. The van der Waals surface area contributed by atoms with E-state index in [4.69, 9.17) is 11.5 Å². The quantitative estimate of drug-likeness (QED) is 0.750. The largest absolute Gasteiger partial charge is 0.493 e. The number of nitrogens with zero attached hydrogens (tertiary/aromatic N) is 2. The van der Waals surface area contributed by atoms with Gasteiger partial charge in [0.25, 0.3) is 0 Å². The second-order valence-corrected chi connectivity index (χ2v) is 7.11. The molecule has 1 heterocycles. The minimum absolute atomic E-state index is 0.210. The lowest BCUT2D eigenvalue weighted by atomic mass is 9.99. The molecule has 1 aliphatic heterocycles. The molecule has 0 bridgehead atoms. The third kappa shape index (κ3) is 3.81. The summed E-state index contributed by atoms with van der Waals surface area (Å²) in [5.41, 5.74) is 14.4. The number of thioether (sulfide) groups is 1. The molecule has 0 saturated heterocycles. The molecule has 150 valence electrons. The van der Waals surface area contributed by atoms with Crippen molar-refractivity contribution in [3.63, 3.8) is 0 Å². The van der Waals surface area contributed by atoms with Gasteiger partial charge in [-0.2, -0.15) is 18.2 Å². The molecule has 2 atom stereocenters. The van der Waals surface area contributed by atoms with Crippen LogP contribution in [0.4, 0.5) is 18.9 Å². The summed E-state index contributed by atoms with van der Waals surface area (Å²) in [6, 6.07) is 12.8. The van der Waals surface area contributed by atoms with Gasteiger partial charge in [0.2, 0.25) is 0 Å². The summed E-state index contributed by atoms with van der Waals surface area (Å²) in [5, 5.41) is 0.744. The predicted molar refractivity (Wildman–Crippen MR) is 101 cm³/mol. The van der Waals surface area contributed by atoms with Gasteiger partial charge in [0.05, 0.1) is 11.9 Å². The van der Waals surface area contributed by atoms with Crippen molar-refractivity contribution < 1.29 is 22.8 Å². The Labute approximate surface area is 164 Å². The second-order valence-electron chi connectivity index (χ2n) is 6.23. The summed E-state index contributed by atoms with van der Waals surface area (Å²) in [7, 11) is 1.53. The topological polar surface area (TPSA) is 84.8 Å². The molecular formula is C18H19F3N4O2S. The molecule has 10 heteroatoms. The summed E-state index contributed by atoms with van der Waals surface area (Å²) in [5.74, 6) is -2.35. The van der Waals surface area contributed by atoms with Crippen molar-refractivity contribution in [2.75, 3.05) is 18.4 Å². The number of halogens is 3. The molecular weight excluding hydrogens is 393 g/mol.